The second-order valence-electron chi connectivity index (χ2n) is 5.26. The van der Waals surface area contributed by atoms with E-state index in [4.69, 9.17) is 10.00 Å². The zero-order valence-corrected chi connectivity index (χ0v) is 13.2. The number of nitriles is 1. The van der Waals surface area contributed by atoms with Gasteiger partial charge < -0.3 is 4.74 Å². The molecule has 1 aromatic rings. The summed E-state index contributed by atoms with van der Waals surface area (Å²) in [6.45, 7) is 5.46. The molecule has 0 unspecified atom stereocenters. The van der Waals surface area contributed by atoms with E-state index in [1.165, 1.54) is 30.3 Å². The minimum atomic E-state index is -5.91. The highest BCUT2D eigenvalue weighted by atomic mass is 32.2. The van der Waals surface area contributed by atoms with Crippen LogP contribution in [0.1, 0.15) is 26.3 Å². The smallest absolute Gasteiger partial charge is 0.488 e. The van der Waals surface area contributed by atoms with Crippen LogP contribution in [-0.2, 0) is 14.4 Å². The number of nitrogens with zero attached hydrogens (tertiary/aromatic N) is 2. The summed E-state index contributed by atoms with van der Waals surface area (Å²) >= 11 is 0. The minimum Gasteiger partial charge on any atom is -0.488 e. The number of benzene rings is 1. The molecule has 0 saturated carbocycles. The van der Waals surface area contributed by atoms with Crippen LogP contribution in [-0.4, -0.2) is 25.2 Å². The lowest BCUT2D eigenvalue weighted by atomic mass is 10.1. The molecule has 0 bridgehead atoms. The third kappa shape index (κ3) is 5.45. The fourth-order valence-corrected chi connectivity index (χ4v) is 1.56. The van der Waals surface area contributed by atoms with Crippen LogP contribution in [0.3, 0.4) is 0 Å². The van der Waals surface area contributed by atoms with Crippen LogP contribution in [0.25, 0.3) is 0 Å². The largest absolute Gasteiger partial charge is 0.536 e. The van der Waals surface area contributed by atoms with Crippen molar-refractivity contribution in [2.45, 2.75) is 31.9 Å². The van der Waals surface area contributed by atoms with Crippen LogP contribution in [0, 0.1) is 11.3 Å². The summed E-state index contributed by atoms with van der Waals surface area (Å²) in [4.78, 5) is 0. The Morgan fingerprint density at radius 3 is 2.09 bits per heavy atom. The van der Waals surface area contributed by atoms with Crippen molar-refractivity contribution in [2.75, 3.05) is 0 Å². The number of halogens is 3. The van der Waals surface area contributed by atoms with E-state index in [1.54, 1.807) is 0 Å². The maximum Gasteiger partial charge on any atom is 0.536 e. The van der Waals surface area contributed by atoms with Gasteiger partial charge in [0.15, 0.2) is 5.71 Å². The minimum absolute atomic E-state index is 0.0751. The fourth-order valence-electron chi connectivity index (χ4n) is 1.30. The molecule has 0 saturated heterocycles. The molecule has 1 aromatic carbocycles. The lowest BCUT2D eigenvalue weighted by Gasteiger charge is -2.21. The lowest BCUT2D eigenvalue weighted by molar-refractivity contribution is -0.0540. The van der Waals surface area contributed by atoms with Gasteiger partial charge in [-0.3, -0.25) is 4.28 Å². The van der Waals surface area contributed by atoms with Gasteiger partial charge in [0.2, 0.25) is 0 Å². The van der Waals surface area contributed by atoms with Crippen molar-refractivity contribution in [3.05, 3.63) is 29.8 Å². The van der Waals surface area contributed by atoms with E-state index in [1.807, 2.05) is 20.8 Å². The average Bonchev–Trinajstić information content (AvgIpc) is 2.38. The summed E-state index contributed by atoms with van der Waals surface area (Å²) in [5.41, 5.74) is -6.63. The number of hydrogen-bond donors (Lipinski definition) is 0. The Balaban J connectivity index is 3.00. The van der Waals surface area contributed by atoms with Gasteiger partial charge in [0.1, 0.15) is 17.4 Å². The topological polar surface area (TPSA) is 88.8 Å². The standard InChI is InChI=1S/C13H13F3N2O4S/c1-12(2,3)21-10-6-4-9(5-7-10)11(8-17)18-22-23(19,20)13(14,15)16/h4-7H,1-3H3. The van der Waals surface area contributed by atoms with Gasteiger partial charge in [0.25, 0.3) is 0 Å². The van der Waals surface area contributed by atoms with Crippen molar-refractivity contribution in [3.63, 3.8) is 0 Å². The Kier molecular flexibility index (Phi) is 5.27. The highest BCUT2D eigenvalue weighted by Crippen LogP contribution is 2.25. The molecule has 0 fully saturated rings. The Hall–Kier alpha value is -2.28. The highest BCUT2D eigenvalue weighted by molar-refractivity contribution is 7.87. The lowest BCUT2D eigenvalue weighted by Crippen LogP contribution is -2.24. The van der Waals surface area contributed by atoms with E-state index in [9.17, 15) is 21.6 Å². The zero-order chi connectivity index (χ0) is 17.9. The summed E-state index contributed by atoms with van der Waals surface area (Å²) in [7, 11) is -5.91. The first-order chi connectivity index (χ1) is 10.4. The van der Waals surface area contributed by atoms with E-state index < -0.39 is 26.9 Å². The second-order valence-corrected chi connectivity index (χ2v) is 6.79. The van der Waals surface area contributed by atoms with Gasteiger partial charge in [-0.1, -0.05) is 5.16 Å². The summed E-state index contributed by atoms with van der Waals surface area (Å²) < 4.78 is 66.8. The fraction of sp³-hybridized carbons (Fsp3) is 0.385. The maximum atomic E-state index is 12.1. The number of ether oxygens (including phenoxy) is 1. The SMILES string of the molecule is CC(C)(C)Oc1ccc(C(C#N)=NOS(=O)(=O)C(F)(F)F)cc1. The number of oxime groups is 1. The molecular weight excluding hydrogens is 337 g/mol. The van der Waals surface area contributed by atoms with Gasteiger partial charge in [-0.15, -0.1) is 0 Å². The summed E-state index contributed by atoms with van der Waals surface area (Å²) in [5.74, 6) is 0.461. The van der Waals surface area contributed by atoms with Gasteiger partial charge in [0.05, 0.1) is 0 Å². The van der Waals surface area contributed by atoms with Gasteiger partial charge in [-0.25, -0.2) is 0 Å². The van der Waals surface area contributed by atoms with Crippen LogP contribution in [0.5, 0.6) is 5.75 Å². The number of hydrogen-bond acceptors (Lipinski definition) is 6. The highest BCUT2D eigenvalue weighted by Gasteiger charge is 2.49. The van der Waals surface area contributed by atoms with E-state index in [0.29, 0.717) is 5.75 Å². The first-order valence-electron chi connectivity index (χ1n) is 6.13. The first kappa shape index (κ1) is 18.8. The van der Waals surface area contributed by atoms with Gasteiger partial charge in [-0.2, -0.15) is 26.9 Å². The molecular formula is C13H13F3N2O4S. The van der Waals surface area contributed by atoms with Crippen LogP contribution in [0.15, 0.2) is 29.4 Å². The summed E-state index contributed by atoms with van der Waals surface area (Å²) in [5, 5.41) is 11.6. The Morgan fingerprint density at radius 1 is 1.17 bits per heavy atom. The molecule has 0 aliphatic carbocycles. The molecule has 0 heterocycles. The van der Waals surface area contributed by atoms with Crippen LogP contribution >= 0.6 is 0 Å². The molecule has 0 aromatic heterocycles. The third-order valence-electron chi connectivity index (χ3n) is 2.17. The molecule has 0 aliphatic rings. The molecule has 126 valence electrons. The third-order valence-corrected chi connectivity index (χ3v) is 3.01. The van der Waals surface area contributed by atoms with E-state index in [0.717, 1.165) is 0 Å². The molecule has 0 spiro atoms. The predicted octanol–water partition coefficient (Wildman–Crippen LogP) is 2.96. The molecule has 1 rings (SSSR count). The van der Waals surface area contributed by atoms with Crippen LogP contribution in [0.2, 0.25) is 0 Å². The van der Waals surface area contributed by atoms with E-state index in [2.05, 4.69) is 9.44 Å². The average molecular weight is 350 g/mol. The number of alkyl halides is 3. The summed E-state index contributed by atoms with van der Waals surface area (Å²) in [6, 6.07) is 7.07. The summed E-state index contributed by atoms with van der Waals surface area (Å²) in [6.07, 6.45) is 0. The van der Waals surface area contributed by atoms with Crippen molar-refractivity contribution < 1.29 is 30.6 Å². The Labute approximate surface area is 131 Å². The Bertz CT molecular complexity index is 726. The monoisotopic (exact) mass is 350 g/mol. The molecule has 0 radical (unpaired) electrons. The predicted molar refractivity (Wildman–Crippen MR) is 75.0 cm³/mol. The van der Waals surface area contributed by atoms with Crippen molar-refractivity contribution in [2.24, 2.45) is 5.16 Å². The quantitative estimate of drug-likeness (QED) is 0.473. The molecule has 6 nitrogen and oxygen atoms in total. The van der Waals surface area contributed by atoms with Crippen molar-refractivity contribution >= 4 is 15.8 Å². The maximum absolute atomic E-state index is 12.1. The van der Waals surface area contributed by atoms with Crippen molar-refractivity contribution in [3.8, 4) is 11.8 Å². The molecule has 0 aliphatic heterocycles. The van der Waals surface area contributed by atoms with E-state index >= 15 is 0 Å². The molecule has 10 heteroatoms. The van der Waals surface area contributed by atoms with Gasteiger partial charge in [0, 0.05) is 5.56 Å². The Morgan fingerprint density at radius 2 is 1.70 bits per heavy atom. The van der Waals surface area contributed by atoms with Crippen molar-refractivity contribution in [1.29, 1.82) is 5.26 Å². The van der Waals surface area contributed by atoms with Gasteiger partial charge in [-0.05, 0) is 45.0 Å². The van der Waals surface area contributed by atoms with Crippen molar-refractivity contribution in [1.82, 2.24) is 0 Å². The first-order valence-corrected chi connectivity index (χ1v) is 7.54. The molecule has 0 amide bonds. The number of rotatable bonds is 4. The zero-order valence-electron chi connectivity index (χ0n) is 12.4. The molecule has 0 atom stereocenters. The second kappa shape index (κ2) is 6.45. The molecule has 0 N–H and O–H groups in total. The molecule has 23 heavy (non-hydrogen) atoms. The van der Waals surface area contributed by atoms with Crippen LogP contribution < -0.4 is 4.74 Å². The van der Waals surface area contributed by atoms with E-state index in [-0.39, 0.29) is 5.56 Å². The van der Waals surface area contributed by atoms with Crippen LogP contribution in [0.4, 0.5) is 13.2 Å². The van der Waals surface area contributed by atoms with Gasteiger partial charge >= 0.3 is 15.6 Å². The normalized spacial score (nSPS) is 13.3.